The van der Waals surface area contributed by atoms with Crippen LogP contribution in [0.3, 0.4) is 0 Å². The van der Waals surface area contributed by atoms with Crippen molar-refractivity contribution in [2.75, 3.05) is 0 Å². The molecule has 0 aliphatic heterocycles. The molecule has 16 heavy (non-hydrogen) atoms. The molecule has 4 nitrogen and oxygen atoms in total. The molecule has 0 saturated heterocycles. The maximum absolute atomic E-state index is 4.10. The number of hydrogen-bond acceptors (Lipinski definition) is 4. The second-order valence-corrected chi connectivity index (χ2v) is 6.08. The maximum atomic E-state index is 4.10. The maximum Gasteiger partial charge on any atom is 0.146 e. The predicted molar refractivity (Wildman–Crippen MR) is 68.3 cm³/mol. The molecule has 2 rings (SSSR count). The second-order valence-electron chi connectivity index (χ2n) is 3.53. The van der Waals surface area contributed by atoms with Crippen molar-refractivity contribution in [2.24, 2.45) is 7.05 Å². The zero-order valence-corrected chi connectivity index (χ0v) is 11.6. The van der Waals surface area contributed by atoms with Crippen molar-refractivity contribution in [1.29, 1.82) is 0 Å². The zero-order chi connectivity index (χ0) is 11.5. The van der Waals surface area contributed by atoms with E-state index in [1.165, 1.54) is 8.66 Å². The number of aromatic nitrogens is 3. The summed E-state index contributed by atoms with van der Waals surface area (Å²) in [7, 11) is 1.98. The van der Waals surface area contributed by atoms with Crippen LogP contribution in [0.4, 0.5) is 0 Å². The van der Waals surface area contributed by atoms with Gasteiger partial charge in [-0.3, -0.25) is 0 Å². The first-order chi connectivity index (χ1) is 7.66. The minimum atomic E-state index is 0.743. The monoisotopic (exact) mass is 300 g/mol. The molecule has 0 atom stereocenters. The smallest absolute Gasteiger partial charge is 0.146 e. The normalized spacial score (nSPS) is 10.9. The molecule has 0 radical (unpaired) electrons. The van der Waals surface area contributed by atoms with Gasteiger partial charge in [0.2, 0.25) is 0 Å². The Bertz CT molecular complexity index is 477. The topological polar surface area (TPSA) is 42.7 Å². The van der Waals surface area contributed by atoms with Crippen molar-refractivity contribution in [1.82, 2.24) is 20.1 Å². The number of hydrogen-bond donors (Lipinski definition) is 1. The number of nitrogens with one attached hydrogen (secondary N) is 1. The highest BCUT2D eigenvalue weighted by atomic mass is 79.9. The largest absolute Gasteiger partial charge is 0.317 e. The summed E-state index contributed by atoms with van der Waals surface area (Å²) in [5.41, 5.74) is 0. The number of rotatable bonds is 4. The molecule has 2 aromatic heterocycles. The summed E-state index contributed by atoms with van der Waals surface area (Å²) in [4.78, 5) is 1.31. The van der Waals surface area contributed by atoms with Gasteiger partial charge in [0.1, 0.15) is 11.6 Å². The van der Waals surface area contributed by atoms with Crippen LogP contribution in [0.25, 0.3) is 0 Å². The number of halogens is 1. The van der Waals surface area contributed by atoms with E-state index in [2.05, 4.69) is 43.6 Å². The van der Waals surface area contributed by atoms with E-state index < -0.39 is 0 Å². The Balaban J connectivity index is 1.86. The summed E-state index contributed by atoms with van der Waals surface area (Å²) < 4.78 is 3.16. The first-order valence-corrected chi connectivity index (χ1v) is 6.57. The van der Waals surface area contributed by atoms with Crippen molar-refractivity contribution in [3.05, 3.63) is 32.4 Å². The van der Waals surface area contributed by atoms with E-state index >= 15 is 0 Å². The van der Waals surface area contributed by atoms with Gasteiger partial charge in [0, 0.05) is 18.5 Å². The van der Waals surface area contributed by atoms with Gasteiger partial charge in [-0.25, -0.2) is 0 Å². The van der Waals surface area contributed by atoms with Gasteiger partial charge in [-0.2, -0.15) is 0 Å². The third-order valence-corrected chi connectivity index (χ3v) is 4.02. The average molecular weight is 301 g/mol. The van der Waals surface area contributed by atoms with Gasteiger partial charge >= 0.3 is 0 Å². The molecule has 2 aromatic rings. The lowest BCUT2D eigenvalue weighted by Crippen LogP contribution is -2.15. The van der Waals surface area contributed by atoms with Crippen molar-refractivity contribution in [3.8, 4) is 0 Å². The Morgan fingerprint density at radius 1 is 1.38 bits per heavy atom. The van der Waals surface area contributed by atoms with Crippen LogP contribution in [-0.4, -0.2) is 14.8 Å². The van der Waals surface area contributed by atoms with Crippen LogP contribution in [0.2, 0.25) is 0 Å². The van der Waals surface area contributed by atoms with Crippen molar-refractivity contribution < 1.29 is 0 Å². The Morgan fingerprint density at radius 2 is 2.19 bits per heavy atom. The van der Waals surface area contributed by atoms with E-state index in [-0.39, 0.29) is 0 Å². The summed E-state index contributed by atoms with van der Waals surface area (Å²) in [5, 5.41) is 11.5. The third kappa shape index (κ3) is 2.69. The quantitative estimate of drug-likeness (QED) is 0.942. The third-order valence-electron chi connectivity index (χ3n) is 2.39. The van der Waals surface area contributed by atoms with Gasteiger partial charge in [0.05, 0.1) is 10.3 Å². The van der Waals surface area contributed by atoms with E-state index in [0.29, 0.717) is 0 Å². The van der Waals surface area contributed by atoms with Crippen LogP contribution < -0.4 is 5.32 Å². The van der Waals surface area contributed by atoms with E-state index in [1.807, 2.05) is 18.5 Å². The van der Waals surface area contributed by atoms with Crippen molar-refractivity contribution in [2.45, 2.75) is 20.0 Å². The fraction of sp³-hybridized carbons (Fsp3) is 0.400. The molecule has 0 unspecified atom stereocenters. The van der Waals surface area contributed by atoms with Crippen LogP contribution in [0.15, 0.2) is 15.9 Å². The van der Waals surface area contributed by atoms with Crippen LogP contribution in [-0.2, 0) is 20.1 Å². The van der Waals surface area contributed by atoms with Crippen molar-refractivity contribution in [3.63, 3.8) is 0 Å². The molecule has 0 aliphatic carbocycles. The molecule has 0 fully saturated rings. The molecular formula is C10H13BrN4S. The minimum absolute atomic E-state index is 0.743. The predicted octanol–water partition coefficient (Wildman–Crippen LogP) is 2.24. The summed E-state index contributed by atoms with van der Waals surface area (Å²) in [6.07, 6.45) is 0. The SMILES string of the molecule is Cc1nnc(CNCc2ccc(Br)s2)n1C. The van der Waals surface area contributed by atoms with Gasteiger partial charge in [-0.05, 0) is 35.0 Å². The van der Waals surface area contributed by atoms with Crippen LogP contribution >= 0.6 is 27.3 Å². The summed E-state index contributed by atoms with van der Waals surface area (Å²) in [6.45, 7) is 3.56. The lowest BCUT2D eigenvalue weighted by molar-refractivity contribution is 0.639. The lowest BCUT2D eigenvalue weighted by Gasteiger charge is -2.02. The van der Waals surface area contributed by atoms with Crippen molar-refractivity contribution >= 4 is 27.3 Å². The van der Waals surface area contributed by atoms with Gasteiger partial charge in [0.25, 0.3) is 0 Å². The summed E-state index contributed by atoms with van der Waals surface area (Å²) in [6, 6.07) is 4.18. The van der Waals surface area contributed by atoms with Gasteiger partial charge in [-0.15, -0.1) is 21.5 Å². The number of thiophene rings is 1. The van der Waals surface area contributed by atoms with E-state index in [1.54, 1.807) is 11.3 Å². The standard InChI is InChI=1S/C10H13BrN4S/c1-7-13-14-10(15(7)2)6-12-5-8-3-4-9(11)16-8/h3-4,12H,5-6H2,1-2H3. The summed E-state index contributed by atoms with van der Waals surface area (Å²) in [5.74, 6) is 1.91. The number of nitrogens with zero attached hydrogens (tertiary/aromatic N) is 3. The molecule has 86 valence electrons. The van der Waals surface area contributed by atoms with E-state index in [9.17, 15) is 0 Å². The summed E-state index contributed by atoms with van der Waals surface area (Å²) >= 11 is 5.19. The first-order valence-electron chi connectivity index (χ1n) is 4.96. The second kappa shape index (κ2) is 5.07. The molecule has 0 saturated carbocycles. The van der Waals surface area contributed by atoms with Crippen LogP contribution in [0.1, 0.15) is 16.5 Å². The molecule has 0 amide bonds. The van der Waals surface area contributed by atoms with E-state index in [0.717, 1.165) is 24.7 Å². The fourth-order valence-corrected chi connectivity index (χ4v) is 2.80. The molecule has 0 spiro atoms. The Labute approximate surface area is 107 Å². The molecule has 0 aliphatic rings. The number of aryl methyl sites for hydroxylation is 1. The molecule has 0 bridgehead atoms. The average Bonchev–Trinajstić information content (AvgIpc) is 2.79. The fourth-order valence-electron chi connectivity index (χ4n) is 1.35. The first kappa shape index (κ1) is 11.8. The van der Waals surface area contributed by atoms with Crippen LogP contribution in [0, 0.1) is 6.92 Å². The molecular weight excluding hydrogens is 288 g/mol. The van der Waals surface area contributed by atoms with Crippen LogP contribution in [0.5, 0.6) is 0 Å². The lowest BCUT2D eigenvalue weighted by atomic mass is 10.4. The van der Waals surface area contributed by atoms with Gasteiger partial charge < -0.3 is 9.88 Å². The van der Waals surface area contributed by atoms with E-state index in [4.69, 9.17) is 0 Å². The molecule has 0 aromatic carbocycles. The Kier molecular flexibility index (Phi) is 3.73. The van der Waals surface area contributed by atoms with Gasteiger partial charge in [0.15, 0.2) is 0 Å². The molecule has 2 heterocycles. The highest BCUT2D eigenvalue weighted by Crippen LogP contribution is 2.21. The highest BCUT2D eigenvalue weighted by molar-refractivity contribution is 9.11. The Hall–Kier alpha value is -0.720. The molecule has 1 N–H and O–H groups in total. The molecule has 6 heteroatoms. The Morgan fingerprint density at radius 3 is 2.75 bits per heavy atom. The zero-order valence-electron chi connectivity index (χ0n) is 9.20. The van der Waals surface area contributed by atoms with Gasteiger partial charge in [-0.1, -0.05) is 0 Å². The minimum Gasteiger partial charge on any atom is -0.317 e. The highest BCUT2D eigenvalue weighted by Gasteiger charge is 2.04.